The van der Waals surface area contributed by atoms with Gasteiger partial charge >= 0.3 is 0 Å². The summed E-state index contributed by atoms with van der Waals surface area (Å²) in [4.78, 5) is 3.92. The fraction of sp³-hybridized carbons (Fsp3) is 0.500. The average molecular weight is 247 g/mol. The van der Waals surface area contributed by atoms with Crippen LogP contribution >= 0.6 is 15.9 Å². The van der Waals surface area contributed by atoms with Crippen LogP contribution in [0.3, 0.4) is 0 Å². The Bertz CT molecular complexity index is 451. The Morgan fingerprint density at radius 2 is 2.38 bits per heavy atom. The van der Waals surface area contributed by atoms with Crippen molar-refractivity contribution in [2.75, 3.05) is 13.2 Å². The standard InChI is InChI=1S/C10H12BrNO/c11-10-7-9(1-4-12-10)8-2-5-13-6-3-8/h1,4,7-8H,2-3,5-6H2/i2D2,3D2,8D. The summed E-state index contributed by atoms with van der Waals surface area (Å²) < 4.78 is 45.5. The Balaban J connectivity index is 2.60. The van der Waals surface area contributed by atoms with Gasteiger partial charge in [0.15, 0.2) is 0 Å². The Hall–Kier alpha value is -0.410. The predicted molar refractivity (Wildman–Crippen MR) is 54.7 cm³/mol. The third-order valence-electron chi connectivity index (χ3n) is 1.72. The summed E-state index contributed by atoms with van der Waals surface area (Å²) in [5.41, 5.74) is 0.252. The van der Waals surface area contributed by atoms with Crippen LogP contribution in [0.1, 0.15) is 31.1 Å². The molecule has 1 aliphatic heterocycles. The maximum absolute atomic E-state index is 8.39. The van der Waals surface area contributed by atoms with Crippen LogP contribution in [0.5, 0.6) is 0 Å². The van der Waals surface area contributed by atoms with E-state index in [4.69, 9.17) is 11.6 Å². The van der Waals surface area contributed by atoms with E-state index in [1.807, 2.05) is 0 Å². The highest BCUT2D eigenvalue weighted by Gasteiger charge is 2.15. The minimum Gasteiger partial charge on any atom is -0.381 e. The summed E-state index contributed by atoms with van der Waals surface area (Å²) in [6, 6.07) is 2.95. The molecule has 0 aromatic carbocycles. The molecule has 1 aromatic rings. The summed E-state index contributed by atoms with van der Waals surface area (Å²) >= 11 is 3.16. The van der Waals surface area contributed by atoms with Gasteiger partial charge < -0.3 is 4.74 Å². The minimum absolute atomic E-state index is 0.252. The highest BCUT2D eigenvalue weighted by molar-refractivity contribution is 9.10. The van der Waals surface area contributed by atoms with Gasteiger partial charge in [-0.15, -0.1) is 0 Å². The van der Waals surface area contributed by atoms with Gasteiger partial charge in [0, 0.05) is 26.3 Å². The van der Waals surface area contributed by atoms with Crippen LogP contribution in [0.25, 0.3) is 0 Å². The fourth-order valence-electron chi connectivity index (χ4n) is 1.12. The summed E-state index contributed by atoms with van der Waals surface area (Å²) in [6.07, 6.45) is -2.80. The second-order valence-corrected chi connectivity index (χ2v) is 3.40. The molecule has 0 spiro atoms. The number of halogens is 1. The smallest absolute Gasteiger partial charge is 0.106 e. The van der Waals surface area contributed by atoms with Crippen molar-refractivity contribution < 1.29 is 11.6 Å². The van der Waals surface area contributed by atoms with Gasteiger partial charge in [0.25, 0.3) is 0 Å². The zero-order chi connectivity index (χ0) is 13.6. The van der Waals surface area contributed by atoms with Gasteiger partial charge in [0.1, 0.15) is 4.60 Å². The van der Waals surface area contributed by atoms with E-state index in [-0.39, 0.29) is 18.8 Å². The monoisotopic (exact) mass is 246 g/mol. The summed E-state index contributed by atoms with van der Waals surface area (Å²) in [6.45, 7) is -0.591. The largest absolute Gasteiger partial charge is 0.381 e. The molecule has 0 atom stereocenters. The molecule has 0 radical (unpaired) electrons. The summed E-state index contributed by atoms with van der Waals surface area (Å²) in [7, 11) is 0. The van der Waals surface area contributed by atoms with E-state index in [1.165, 1.54) is 18.3 Å². The van der Waals surface area contributed by atoms with Crippen LogP contribution in [-0.2, 0) is 4.74 Å². The number of rotatable bonds is 1. The highest BCUT2D eigenvalue weighted by Crippen LogP contribution is 2.27. The van der Waals surface area contributed by atoms with Gasteiger partial charge in [-0.1, -0.05) is 0 Å². The number of hydrogen-bond donors (Lipinski definition) is 0. The third-order valence-corrected chi connectivity index (χ3v) is 2.15. The van der Waals surface area contributed by atoms with E-state index in [0.29, 0.717) is 4.60 Å². The lowest BCUT2D eigenvalue weighted by Gasteiger charge is -2.22. The van der Waals surface area contributed by atoms with Crippen LogP contribution in [0.15, 0.2) is 22.9 Å². The number of nitrogens with zero attached hydrogens (tertiary/aromatic N) is 1. The van der Waals surface area contributed by atoms with Crippen molar-refractivity contribution in [2.45, 2.75) is 18.6 Å². The van der Waals surface area contributed by atoms with Gasteiger partial charge in [0.2, 0.25) is 0 Å². The molecule has 70 valence electrons. The lowest BCUT2D eigenvalue weighted by atomic mass is 9.93. The first kappa shape index (κ1) is 4.89. The second kappa shape index (κ2) is 4.20. The van der Waals surface area contributed by atoms with Crippen molar-refractivity contribution >= 4 is 15.9 Å². The van der Waals surface area contributed by atoms with Gasteiger partial charge in [0.05, 0.1) is 0 Å². The topological polar surface area (TPSA) is 22.1 Å². The van der Waals surface area contributed by atoms with Gasteiger partial charge in [-0.05, 0) is 52.3 Å². The molecule has 0 amide bonds. The first-order chi connectivity index (χ1) is 8.21. The van der Waals surface area contributed by atoms with Crippen molar-refractivity contribution in [1.29, 1.82) is 0 Å². The van der Waals surface area contributed by atoms with Crippen molar-refractivity contribution in [3.63, 3.8) is 0 Å². The Labute approximate surface area is 93.5 Å². The van der Waals surface area contributed by atoms with Gasteiger partial charge in [-0.25, -0.2) is 4.98 Å². The van der Waals surface area contributed by atoms with E-state index < -0.39 is 18.6 Å². The first-order valence-corrected chi connectivity index (χ1v) is 4.70. The van der Waals surface area contributed by atoms with E-state index in [1.54, 1.807) is 0 Å². The molecule has 0 N–H and O–H groups in total. The molecule has 2 nitrogen and oxygen atoms in total. The molecule has 2 heterocycles. The van der Waals surface area contributed by atoms with Crippen LogP contribution < -0.4 is 0 Å². The quantitative estimate of drug-likeness (QED) is 0.712. The van der Waals surface area contributed by atoms with E-state index >= 15 is 0 Å². The molecule has 2 rings (SSSR count). The molecule has 0 saturated carbocycles. The van der Waals surface area contributed by atoms with E-state index in [9.17, 15) is 0 Å². The SMILES string of the molecule is [2H]C1([2H])COCC([2H])([2H])C1([2H])c1ccnc(Br)c1. The normalized spacial score (nSPS) is 34.7. The van der Waals surface area contributed by atoms with Crippen LogP contribution in [0.4, 0.5) is 0 Å². The Morgan fingerprint density at radius 1 is 1.62 bits per heavy atom. The molecule has 1 fully saturated rings. The number of pyridine rings is 1. The Morgan fingerprint density at radius 3 is 3.08 bits per heavy atom. The summed E-state index contributed by atoms with van der Waals surface area (Å²) in [5.74, 6) is -2.02. The Kier molecular flexibility index (Phi) is 1.58. The molecular weight excluding hydrogens is 230 g/mol. The van der Waals surface area contributed by atoms with Crippen LogP contribution in [0.2, 0.25) is 0 Å². The molecular formula is C10H12BrNO. The molecule has 3 heteroatoms. The van der Waals surface area contributed by atoms with Gasteiger partial charge in [-0.2, -0.15) is 0 Å². The van der Waals surface area contributed by atoms with Crippen molar-refractivity contribution in [3.05, 3.63) is 28.5 Å². The predicted octanol–water partition coefficient (Wildman–Crippen LogP) is 2.74. The van der Waals surface area contributed by atoms with E-state index in [2.05, 4.69) is 20.9 Å². The molecule has 0 aliphatic carbocycles. The fourth-order valence-corrected chi connectivity index (χ4v) is 1.49. The van der Waals surface area contributed by atoms with Crippen molar-refractivity contribution in [3.8, 4) is 0 Å². The molecule has 1 aliphatic rings. The average Bonchev–Trinajstić information content (AvgIpc) is 2.25. The summed E-state index contributed by atoms with van der Waals surface area (Å²) in [5, 5.41) is 0. The number of hydrogen-bond acceptors (Lipinski definition) is 2. The lowest BCUT2D eigenvalue weighted by molar-refractivity contribution is 0.0853. The third kappa shape index (κ3) is 2.29. The number of ether oxygens (including phenoxy) is 1. The van der Waals surface area contributed by atoms with Crippen molar-refractivity contribution in [2.24, 2.45) is 0 Å². The maximum atomic E-state index is 8.39. The highest BCUT2D eigenvalue weighted by atomic mass is 79.9. The zero-order valence-electron chi connectivity index (χ0n) is 11.9. The zero-order valence-corrected chi connectivity index (χ0v) is 8.47. The van der Waals surface area contributed by atoms with Crippen molar-refractivity contribution in [1.82, 2.24) is 4.98 Å². The van der Waals surface area contributed by atoms with E-state index in [0.717, 1.165) is 0 Å². The van der Waals surface area contributed by atoms with Crippen LogP contribution in [-0.4, -0.2) is 18.2 Å². The van der Waals surface area contributed by atoms with Gasteiger partial charge in [-0.3, -0.25) is 0 Å². The lowest BCUT2D eigenvalue weighted by Crippen LogP contribution is -2.14. The second-order valence-electron chi connectivity index (χ2n) is 2.59. The first-order valence-electron chi connectivity index (χ1n) is 6.40. The minimum atomic E-state index is -2.12. The molecule has 0 unspecified atom stereocenters. The van der Waals surface area contributed by atoms with Crippen LogP contribution in [0, 0.1) is 0 Å². The molecule has 13 heavy (non-hydrogen) atoms. The molecule has 0 bridgehead atoms. The molecule has 1 aromatic heterocycles. The molecule has 1 saturated heterocycles. The number of aromatic nitrogens is 1. The maximum Gasteiger partial charge on any atom is 0.106 e.